The Morgan fingerprint density at radius 3 is 1.73 bits per heavy atom. The highest BCUT2D eigenvalue weighted by Gasteiger charge is 2.23. The van der Waals surface area contributed by atoms with Crippen molar-refractivity contribution >= 4 is 28.4 Å². The molecule has 5 nitrogen and oxygen atoms in total. The molecular weight excluding hydrogens is 502 g/mol. The van der Waals surface area contributed by atoms with Crippen LogP contribution < -0.4 is 4.90 Å². The summed E-state index contributed by atoms with van der Waals surface area (Å²) in [5.41, 5.74) is 16.3. The Labute approximate surface area is 241 Å². The van der Waals surface area contributed by atoms with Crippen LogP contribution in [0.25, 0.3) is 33.7 Å². The van der Waals surface area contributed by atoms with Crippen LogP contribution in [0.4, 0.5) is 17.1 Å². The third kappa shape index (κ3) is 4.63. The summed E-state index contributed by atoms with van der Waals surface area (Å²) in [5, 5.41) is 0. The Kier molecular flexibility index (Phi) is 6.80. The summed E-state index contributed by atoms with van der Waals surface area (Å²) in [4.78, 5) is 20.5. The zero-order valence-corrected chi connectivity index (χ0v) is 24.4. The number of hydrogen-bond acceptors (Lipinski definition) is 5. The van der Waals surface area contributed by atoms with Gasteiger partial charge in [0.15, 0.2) is 11.3 Å². The smallest absolute Gasteiger partial charge is 0.198 e. The van der Waals surface area contributed by atoms with Gasteiger partial charge in [0.1, 0.15) is 0 Å². The molecule has 0 spiro atoms. The molecule has 0 saturated carbocycles. The molecule has 5 heteroatoms. The SMILES string of the molecule is Cc1cccc(C)c1-c1ccc(N(c2ccccc2)c2c(C)c(C)c(-c3cnc4nccnc4n3)c(C)c2C)cc1. The molecule has 4 aromatic carbocycles. The fourth-order valence-electron chi connectivity index (χ4n) is 5.92. The number of aryl methyl sites for hydroxylation is 2. The van der Waals surface area contributed by atoms with Crippen molar-refractivity contribution in [2.45, 2.75) is 41.5 Å². The van der Waals surface area contributed by atoms with Crippen molar-refractivity contribution in [2.75, 3.05) is 4.90 Å². The van der Waals surface area contributed by atoms with Crippen LogP contribution in [0, 0.1) is 41.5 Å². The van der Waals surface area contributed by atoms with Gasteiger partial charge < -0.3 is 4.90 Å². The van der Waals surface area contributed by atoms with Gasteiger partial charge in [-0.2, -0.15) is 0 Å². The highest BCUT2D eigenvalue weighted by atomic mass is 15.1. The molecule has 41 heavy (non-hydrogen) atoms. The summed E-state index contributed by atoms with van der Waals surface area (Å²) in [7, 11) is 0. The number of nitrogens with zero attached hydrogens (tertiary/aromatic N) is 5. The first-order valence-electron chi connectivity index (χ1n) is 13.9. The van der Waals surface area contributed by atoms with Gasteiger partial charge in [0.2, 0.25) is 0 Å². The molecule has 0 N–H and O–H groups in total. The van der Waals surface area contributed by atoms with Gasteiger partial charge in [0, 0.05) is 29.3 Å². The van der Waals surface area contributed by atoms with Crippen LogP contribution in [0.2, 0.25) is 0 Å². The average Bonchev–Trinajstić information content (AvgIpc) is 2.99. The first kappa shape index (κ1) is 26.3. The second-order valence-electron chi connectivity index (χ2n) is 10.7. The van der Waals surface area contributed by atoms with Gasteiger partial charge in [-0.15, -0.1) is 0 Å². The maximum atomic E-state index is 4.84. The third-order valence-corrected chi connectivity index (χ3v) is 8.17. The lowest BCUT2D eigenvalue weighted by Crippen LogP contribution is -2.15. The van der Waals surface area contributed by atoms with Gasteiger partial charge in [0.05, 0.1) is 17.6 Å². The van der Waals surface area contributed by atoms with Crippen molar-refractivity contribution in [2.24, 2.45) is 0 Å². The number of hydrogen-bond donors (Lipinski definition) is 0. The molecule has 0 aliphatic rings. The number of fused-ring (bicyclic) bond motifs is 1. The van der Waals surface area contributed by atoms with Gasteiger partial charge in [-0.3, -0.25) is 0 Å². The summed E-state index contributed by atoms with van der Waals surface area (Å²) in [6.45, 7) is 13.1. The van der Waals surface area contributed by atoms with Gasteiger partial charge in [0.25, 0.3) is 0 Å². The zero-order chi connectivity index (χ0) is 28.7. The van der Waals surface area contributed by atoms with Crippen LogP contribution in [-0.2, 0) is 0 Å². The van der Waals surface area contributed by atoms with E-state index in [0.29, 0.717) is 11.3 Å². The van der Waals surface area contributed by atoms with Crippen molar-refractivity contribution in [3.63, 3.8) is 0 Å². The average molecular weight is 536 g/mol. The van der Waals surface area contributed by atoms with E-state index in [2.05, 4.69) is 134 Å². The molecular formula is C36H33N5. The molecule has 0 saturated heterocycles. The fourth-order valence-corrected chi connectivity index (χ4v) is 5.92. The van der Waals surface area contributed by atoms with Crippen LogP contribution in [0.1, 0.15) is 33.4 Å². The summed E-state index contributed by atoms with van der Waals surface area (Å²) in [6, 6.07) is 26.0. The van der Waals surface area contributed by atoms with Crippen molar-refractivity contribution in [3.05, 3.63) is 125 Å². The Bertz CT molecular complexity index is 1840. The molecule has 6 aromatic rings. The molecule has 2 heterocycles. The van der Waals surface area contributed by atoms with E-state index in [1.165, 1.54) is 50.2 Å². The first-order chi connectivity index (χ1) is 19.8. The highest BCUT2D eigenvalue weighted by molar-refractivity contribution is 5.87. The second-order valence-corrected chi connectivity index (χ2v) is 10.7. The second kappa shape index (κ2) is 10.6. The Balaban J connectivity index is 1.52. The molecule has 0 atom stereocenters. The van der Waals surface area contributed by atoms with E-state index >= 15 is 0 Å². The van der Waals surface area contributed by atoms with Crippen LogP contribution >= 0.6 is 0 Å². The third-order valence-electron chi connectivity index (χ3n) is 8.17. The van der Waals surface area contributed by atoms with E-state index in [1.54, 1.807) is 12.4 Å². The van der Waals surface area contributed by atoms with Gasteiger partial charge in [-0.05, 0) is 110 Å². The van der Waals surface area contributed by atoms with Crippen molar-refractivity contribution in [1.29, 1.82) is 0 Å². The zero-order valence-electron chi connectivity index (χ0n) is 24.4. The Morgan fingerprint density at radius 2 is 1.10 bits per heavy atom. The van der Waals surface area contributed by atoms with Crippen LogP contribution in [0.3, 0.4) is 0 Å². The topological polar surface area (TPSA) is 54.8 Å². The Hall–Kier alpha value is -4.90. The van der Waals surface area contributed by atoms with E-state index in [4.69, 9.17) is 4.98 Å². The number of anilines is 3. The van der Waals surface area contributed by atoms with E-state index < -0.39 is 0 Å². The molecule has 2 aromatic heterocycles. The lowest BCUT2D eigenvalue weighted by molar-refractivity contribution is 1.13. The minimum Gasteiger partial charge on any atom is -0.310 e. The predicted octanol–water partition coefficient (Wildman–Crippen LogP) is 9.07. The summed E-state index contributed by atoms with van der Waals surface area (Å²) in [5.74, 6) is 0. The standard InChI is InChI=1S/C36H33N5/c1-22-11-10-12-23(2)32(22)28-15-17-30(18-16-28)41(29-13-8-7-9-14-29)34-26(5)24(3)33(25(4)27(34)6)31-21-39-35-36(40-31)38-20-19-37-35/h7-21H,1-6H3. The van der Waals surface area contributed by atoms with Crippen molar-refractivity contribution < 1.29 is 0 Å². The Morgan fingerprint density at radius 1 is 0.512 bits per heavy atom. The number of benzene rings is 4. The first-order valence-corrected chi connectivity index (χ1v) is 13.9. The van der Waals surface area contributed by atoms with E-state index in [0.717, 1.165) is 22.6 Å². The lowest BCUT2D eigenvalue weighted by atomic mass is 9.89. The minimum atomic E-state index is 0.552. The summed E-state index contributed by atoms with van der Waals surface area (Å²) >= 11 is 0. The molecule has 6 rings (SSSR count). The van der Waals surface area contributed by atoms with Crippen molar-refractivity contribution in [3.8, 4) is 22.4 Å². The molecule has 0 fully saturated rings. The molecule has 0 aliphatic heterocycles. The fraction of sp³-hybridized carbons (Fsp3) is 0.167. The van der Waals surface area contributed by atoms with Gasteiger partial charge in [-0.25, -0.2) is 19.9 Å². The molecule has 0 bridgehead atoms. The normalized spacial score (nSPS) is 11.2. The van der Waals surface area contributed by atoms with Gasteiger partial charge >= 0.3 is 0 Å². The lowest BCUT2D eigenvalue weighted by Gasteiger charge is -2.31. The highest BCUT2D eigenvalue weighted by Crippen LogP contribution is 2.44. The predicted molar refractivity (Wildman–Crippen MR) is 169 cm³/mol. The summed E-state index contributed by atoms with van der Waals surface area (Å²) < 4.78 is 0. The molecule has 202 valence electrons. The number of para-hydroxylation sites is 1. The summed E-state index contributed by atoms with van der Waals surface area (Å²) in [6.07, 6.45) is 5.11. The molecule has 0 amide bonds. The van der Waals surface area contributed by atoms with E-state index in [1.807, 2.05) is 6.20 Å². The molecule has 0 radical (unpaired) electrons. The number of rotatable bonds is 5. The largest absolute Gasteiger partial charge is 0.310 e. The minimum absolute atomic E-state index is 0.552. The van der Waals surface area contributed by atoms with Crippen LogP contribution in [0.15, 0.2) is 91.4 Å². The van der Waals surface area contributed by atoms with E-state index in [-0.39, 0.29) is 0 Å². The molecule has 0 unspecified atom stereocenters. The maximum Gasteiger partial charge on any atom is 0.198 e. The number of aromatic nitrogens is 4. The monoisotopic (exact) mass is 535 g/mol. The maximum absolute atomic E-state index is 4.84. The molecule has 0 aliphatic carbocycles. The van der Waals surface area contributed by atoms with Crippen LogP contribution in [-0.4, -0.2) is 19.9 Å². The van der Waals surface area contributed by atoms with Crippen LogP contribution in [0.5, 0.6) is 0 Å². The van der Waals surface area contributed by atoms with E-state index in [9.17, 15) is 0 Å². The quantitative estimate of drug-likeness (QED) is 0.220. The van der Waals surface area contributed by atoms with Crippen molar-refractivity contribution in [1.82, 2.24) is 19.9 Å². The van der Waals surface area contributed by atoms with Gasteiger partial charge in [-0.1, -0.05) is 48.5 Å².